The molecule has 0 aliphatic heterocycles. The van der Waals surface area contributed by atoms with Gasteiger partial charge < -0.3 is 15.5 Å². The van der Waals surface area contributed by atoms with Gasteiger partial charge in [-0.15, -0.1) is 0 Å². The summed E-state index contributed by atoms with van der Waals surface area (Å²) in [6, 6.07) is 5.59. The summed E-state index contributed by atoms with van der Waals surface area (Å²) in [5.74, 6) is -0.825. The van der Waals surface area contributed by atoms with E-state index >= 15 is 0 Å². The number of carboxylic acids is 1. The highest BCUT2D eigenvalue weighted by molar-refractivity contribution is 5.73. The van der Waals surface area contributed by atoms with E-state index in [0.717, 1.165) is 5.56 Å². The Balaban J connectivity index is 2.65. The fourth-order valence-corrected chi connectivity index (χ4v) is 1.11. The Morgan fingerprint density at radius 1 is 1.57 bits per heavy atom. The number of hydrogen-bond acceptors (Lipinski definition) is 3. The van der Waals surface area contributed by atoms with Crippen LogP contribution in [0, 0.1) is 0 Å². The van der Waals surface area contributed by atoms with Gasteiger partial charge in [0, 0.05) is 1.37 Å². The van der Waals surface area contributed by atoms with E-state index < -0.39 is 12.0 Å². The van der Waals surface area contributed by atoms with Crippen LogP contribution in [0.4, 0.5) is 0 Å². The first-order valence-electron chi connectivity index (χ1n) is 4.87. The summed E-state index contributed by atoms with van der Waals surface area (Å²) >= 11 is 0. The van der Waals surface area contributed by atoms with Crippen LogP contribution in [-0.4, -0.2) is 29.2 Å². The van der Waals surface area contributed by atoms with Crippen molar-refractivity contribution in [3.8, 4) is 5.75 Å². The lowest BCUT2D eigenvalue weighted by Crippen LogP contribution is -2.35. The molecule has 0 unspecified atom stereocenters. The molecule has 76 valence electrons. The van der Waals surface area contributed by atoms with E-state index in [9.17, 15) is 4.79 Å². The number of aromatic hydroxyl groups is 1. The van der Waals surface area contributed by atoms with E-state index in [4.69, 9.17) is 11.6 Å². The Bertz CT molecular complexity index is 326. The van der Waals surface area contributed by atoms with E-state index in [1.54, 1.807) is 12.1 Å². The molecule has 0 amide bonds. The molecule has 0 aromatic heterocycles. The smallest absolute Gasteiger partial charge is 0.321 e. The van der Waals surface area contributed by atoms with Crippen molar-refractivity contribution < 1.29 is 16.4 Å². The van der Waals surface area contributed by atoms with Crippen LogP contribution in [0.1, 0.15) is 6.93 Å². The Morgan fingerprint density at radius 2 is 2.21 bits per heavy atom. The molecule has 0 fully saturated rings. The van der Waals surface area contributed by atoms with Crippen LogP contribution in [0.2, 0.25) is 0 Å². The number of phenols is 1. The third-order valence-electron chi connectivity index (χ3n) is 1.92. The summed E-state index contributed by atoms with van der Waals surface area (Å²) in [5, 5.41) is 20.4. The van der Waals surface area contributed by atoms with Gasteiger partial charge in [0.05, 0.1) is 0 Å². The molecule has 0 saturated heterocycles. The lowest BCUT2D eigenvalue weighted by Gasteiger charge is -2.10. The molecule has 4 nitrogen and oxygen atoms in total. The third kappa shape index (κ3) is 2.74. The second-order valence-electron chi connectivity index (χ2n) is 2.97. The first-order chi connectivity index (χ1) is 7.13. The van der Waals surface area contributed by atoms with E-state index in [1.807, 2.05) is 0 Å². The van der Waals surface area contributed by atoms with Gasteiger partial charge in [-0.2, -0.15) is 0 Å². The number of carboxylic acid groups (broad SMARTS) is 1. The van der Waals surface area contributed by atoms with Crippen molar-refractivity contribution in [2.24, 2.45) is 0 Å². The maximum absolute atomic E-state index is 10.8. The van der Waals surface area contributed by atoms with Crippen molar-refractivity contribution in [3.05, 3.63) is 29.8 Å². The zero-order valence-electron chi connectivity index (χ0n) is 8.60. The predicted octanol–water partition coefficient (Wildman–Crippen LogP) is 0.607. The van der Waals surface area contributed by atoms with Gasteiger partial charge in [0.1, 0.15) is 11.8 Å². The average Bonchev–Trinajstić information content (AvgIpc) is 2.20. The predicted molar refractivity (Wildman–Crippen MR) is 52.3 cm³/mol. The van der Waals surface area contributed by atoms with Crippen molar-refractivity contribution in [3.63, 3.8) is 0 Å². The maximum atomic E-state index is 10.8. The number of carbonyl (C=O) groups is 1. The minimum absolute atomic E-state index is 0.130. The number of rotatable bonds is 4. The molecule has 1 rings (SSSR count). The molecule has 4 heteroatoms. The zero-order chi connectivity index (χ0) is 11.3. The fourth-order valence-electron chi connectivity index (χ4n) is 1.11. The monoisotopic (exact) mass is 196 g/mol. The van der Waals surface area contributed by atoms with Crippen LogP contribution in [-0.2, 0) is 11.2 Å². The van der Waals surface area contributed by atoms with Gasteiger partial charge in [0.15, 0.2) is 0 Å². The quantitative estimate of drug-likeness (QED) is 0.659. The van der Waals surface area contributed by atoms with Crippen molar-refractivity contribution in [2.75, 3.05) is 7.02 Å². The van der Waals surface area contributed by atoms with Crippen LogP contribution >= 0.6 is 0 Å². The highest BCUT2D eigenvalue weighted by Crippen LogP contribution is 2.11. The number of likely N-dealkylation sites (N-methyl/N-ethyl adjacent to an activating group) is 1. The van der Waals surface area contributed by atoms with Gasteiger partial charge in [-0.1, -0.05) is 12.1 Å². The van der Waals surface area contributed by atoms with Crippen molar-refractivity contribution in [1.29, 1.82) is 0 Å². The van der Waals surface area contributed by atoms with Gasteiger partial charge in [0.25, 0.3) is 0 Å². The number of benzene rings is 1. The number of phenolic OH excluding ortho intramolecular Hbond substituents is 1. The molecule has 0 aliphatic carbocycles. The number of aliphatic carboxylic acids is 1. The maximum Gasteiger partial charge on any atom is 0.321 e. The van der Waals surface area contributed by atoms with E-state index in [1.165, 1.54) is 12.1 Å². The molecule has 3 N–H and O–H groups in total. The van der Waals surface area contributed by atoms with Crippen LogP contribution in [0.15, 0.2) is 24.3 Å². The Kier molecular flexibility index (Phi) is 2.98. The molecule has 1 aromatic carbocycles. The highest BCUT2D eigenvalue weighted by atomic mass is 16.4. The number of hydrogen-bond donors (Lipinski definition) is 3. The first-order valence-corrected chi connectivity index (χ1v) is 4.17. The largest absolute Gasteiger partial charge is 0.508 e. The fraction of sp³-hybridized carbons (Fsp3) is 0.300. The normalized spacial score (nSPS) is 13.3. The standard InChI is InChI=1S/C10H13NO3/c1-11-9(10(13)14)6-7-2-4-8(12)5-3-7/h2-5,9,11-12H,6H2,1H3,(H,13,14)/t9-/m0/s1/i1D. The summed E-state index contributed by atoms with van der Waals surface area (Å²) in [5.41, 5.74) is 0.807. The molecule has 0 bridgehead atoms. The van der Waals surface area contributed by atoms with Crippen molar-refractivity contribution in [2.45, 2.75) is 12.5 Å². The van der Waals surface area contributed by atoms with E-state index in [0.29, 0.717) is 6.42 Å². The topological polar surface area (TPSA) is 69.6 Å². The number of nitrogens with one attached hydrogen (secondary N) is 1. The molecule has 14 heavy (non-hydrogen) atoms. The molecule has 0 aliphatic rings. The van der Waals surface area contributed by atoms with Crippen LogP contribution < -0.4 is 5.32 Å². The summed E-state index contributed by atoms with van der Waals surface area (Å²) in [6.07, 6.45) is 0.300. The van der Waals surface area contributed by atoms with Gasteiger partial charge in [-0.05, 0) is 31.1 Å². The molecule has 1 aromatic rings. The second kappa shape index (κ2) is 4.62. The van der Waals surface area contributed by atoms with Gasteiger partial charge in [-0.25, -0.2) is 0 Å². The zero-order valence-corrected chi connectivity index (χ0v) is 7.60. The van der Waals surface area contributed by atoms with Crippen LogP contribution in [0.5, 0.6) is 5.75 Å². The molecular weight excluding hydrogens is 182 g/mol. The average molecular weight is 196 g/mol. The summed E-state index contributed by atoms with van der Waals surface area (Å²) in [4.78, 5) is 10.8. The van der Waals surface area contributed by atoms with Crippen molar-refractivity contribution >= 4 is 5.97 Å². The molecule has 0 spiro atoms. The molecule has 1 atom stereocenters. The molecule has 0 heterocycles. The molecular formula is C10H13NO3. The lowest BCUT2D eigenvalue weighted by molar-refractivity contribution is -0.139. The second-order valence-corrected chi connectivity index (χ2v) is 2.97. The highest BCUT2D eigenvalue weighted by Gasteiger charge is 2.14. The SMILES string of the molecule is [2H]CN[C@@H](Cc1ccc(O)cc1)C(=O)O. The van der Waals surface area contributed by atoms with E-state index in [2.05, 4.69) is 5.32 Å². The Hall–Kier alpha value is -1.55. The summed E-state index contributed by atoms with van der Waals surface area (Å²) in [6.45, 7) is 0. The molecule has 0 saturated carbocycles. The summed E-state index contributed by atoms with van der Waals surface area (Å²) in [7, 11) is -0.130. The van der Waals surface area contributed by atoms with Crippen LogP contribution in [0.3, 0.4) is 0 Å². The Labute approximate surface area is 83.6 Å². The first kappa shape index (κ1) is 9.02. The van der Waals surface area contributed by atoms with E-state index in [-0.39, 0.29) is 12.8 Å². The third-order valence-corrected chi connectivity index (χ3v) is 1.92. The van der Waals surface area contributed by atoms with Gasteiger partial charge in [-0.3, -0.25) is 4.79 Å². The minimum atomic E-state index is -0.977. The Morgan fingerprint density at radius 3 is 2.71 bits per heavy atom. The molecule has 0 radical (unpaired) electrons. The lowest BCUT2D eigenvalue weighted by atomic mass is 10.1. The van der Waals surface area contributed by atoms with Gasteiger partial charge in [0.2, 0.25) is 0 Å². The summed E-state index contributed by atoms with van der Waals surface area (Å²) < 4.78 is 6.91. The van der Waals surface area contributed by atoms with Crippen molar-refractivity contribution in [1.82, 2.24) is 5.32 Å². The minimum Gasteiger partial charge on any atom is -0.508 e. The van der Waals surface area contributed by atoms with Crippen LogP contribution in [0.25, 0.3) is 0 Å². The van der Waals surface area contributed by atoms with Gasteiger partial charge >= 0.3 is 5.97 Å².